The summed E-state index contributed by atoms with van der Waals surface area (Å²) in [5, 5.41) is 3.55. The highest BCUT2D eigenvalue weighted by molar-refractivity contribution is 4.71. The zero-order valence-corrected chi connectivity index (χ0v) is 11.4. The molecule has 3 nitrogen and oxygen atoms in total. The molecule has 0 saturated carbocycles. The van der Waals surface area contributed by atoms with E-state index in [0.717, 1.165) is 19.8 Å². The normalized spacial score (nSPS) is 15.0. The second kappa shape index (κ2) is 11.4. The maximum Gasteiger partial charge on any atom is 0.0701 e. The van der Waals surface area contributed by atoms with Gasteiger partial charge in [-0.15, -0.1) is 0 Å². The number of hydrogen-bond acceptors (Lipinski definition) is 3. The smallest absolute Gasteiger partial charge is 0.0701 e. The van der Waals surface area contributed by atoms with Crippen molar-refractivity contribution in [3.8, 4) is 0 Å². The lowest BCUT2D eigenvalue weighted by Crippen LogP contribution is -2.39. The Bertz CT molecular complexity index is 142. The Morgan fingerprint density at radius 3 is 2.31 bits per heavy atom. The molecule has 0 fully saturated rings. The predicted molar refractivity (Wildman–Crippen MR) is 68.8 cm³/mol. The van der Waals surface area contributed by atoms with E-state index in [0.29, 0.717) is 25.2 Å². The van der Waals surface area contributed by atoms with Crippen LogP contribution in [0.2, 0.25) is 0 Å². The third-order valence-electron chi connectivity index (χ3n) is 2.86. The molecule has 0 aliphatic rings. The van der Waals surface area contributed by atoms with Crippen molar-refractivity contribution < 1.29 is 9.47 Å². The summed E-state index contributed by atoms with van der Waals surface area (Å²) in [4.78, 5) is 0. The van der Waals surface area contributed by atoms with Crippen LogP contribution < -0.4 is 5.32 Å². The van der Waals surface area contributed by atoms with Crippen molar-refractivity contribution in [2.75, 3.05) is 33.0 Å². The largest absolute Gasteiger partial charge is 0.379 e. The van der Waals surface area contributed by atoms with Gasteiger partial charge in [0.25, 0.3) is 0 Å². The van der Waals surface area contributed by atoms with Crippen molar-refractivity contribution in [3.63, 3.8) is 0 Å². The molecule has 0 radical (unpaired) electrons. The van der Waals surface area contributed by atoms with Gasteiger partial charge in [0.2, 0.25) is 0 Å². The summed E-state index contributed by atoms with van der Waals surface area (Å²) in [5.74, 6) is 0.665. The molecule has 3 heteroatoms. The third kappa shape index (κ3) is 8.08. The lowest BCUT2D eigenvalue weighted by molar-refractivity contribution is 0.0367. The first-order chi connectivity index (χ1) is 7.76. The van der Waals surface area contributed by atoms with Gasteiger partial charge in [0.1, 0.15) is 0 Å². The fourth-order valence-corrected chi connectivity index (χ4v) is 1.51. The molecule has 0 amide bonds. The molecule has 0 aliphatic carbocycles. The number of ether oxygens (including phenoxy) is 2. The number of hydrogen-bond donors (Lipinski definition) is 1. The van der Waals surface area contributed by atoms with Crippen molar-refractivity contribution >= 4 is 0 Å². The predicted octanol–water partition coefficient (Wildman–Crippen LogP) is 2.45. The van der Waals surface area contributed by atoms with Gasteiger partial charge in [0.15, 0.2) is 0 Å². The summed E-state index contributed by atoms with van der Waals surface area (Å²) < 4.78 is 10.9. The van der Waals surface area contributed by atoms with E-state index < -0.39 is 0 Å². The van der Waals surface area contributed by atoms with Gasteiger partial charge in [-0.1, -0.05) is 27.2 Å². The van der Waals surface area contributed by atoms with E-state index in [2.05, 4.69) is 26.1 Å². The SMILES string of the molecule is CCCNC(COCCOCC)C(C)CC. The maximum absolute atomic E-state index is 5.63. The van der Waals surface area contributed by atoms with Crippen molar-refractivity contribution in [2.45, 2.75) is 46.6 Å². The van der Waals surface area contributed by atoms with E-state index in [9.17, 15) is 0 Å². The summed E-state index contributed by atoms with van der Waals surface area (Å²) in [5.41, 5.74) is 0. The Kier molecular flexibility index (Phi) is 11.3. The molecule has 0 spiro atoms. The third-order valence-corrected chi connectivity index (χ3v) is 2.86. The van der Waals surface area contributed by atoms with Crippen LogP contribution in [-0.4, -0.2) is 39.0 Å². The van der Waals surface area contributed by atoms with E-state index in [4.69, 9.17) is 9.47 Å². The molecule has 98 valence electrons. The first-order valence-corrected chi connectivity index (χ1v) is 6.65. The zero-order chi connectivity index (χ0) is 12.2. The van der Waals surface area contributed by atoms with E-state index >= 15 is 0 Å². The lowest BCUT2D eigenvalue weighted by atomic mass is 10.00. The average molecular weight is 231 g/mol. The summed E-state index contributed by atoms with van der Waals surface area (Å²) in [6, 6.07) is 0.478. The minimum Gasteiger partial charge on any atom is -0.379 e. The van der Waals surface area contributed by atoms with E-state index in [1.54, 1.807) is 0 Å². The molecule has 2 atom stereocenters. The van der Waals surface area contributed by atoms with Crippen LogP contribution in [0.15, 0.2) is 0 Å². The second-order valence-corrected chi connectivity index (χ2v) is 4.22. The van der Waals surface area contributed by atoms with Crippen molar-refractivity contribution in [1.29, 1.82) is 0 Å². The fraction of sp³-hybridized carbons (Fsp3) is 1.00. The quantitative estimate of drug-likeness (QED) is 0.554. The molecular formula is C13H29NO2. The van der Waals surface area contributed by atoms with Crippen LogP contribution in [0.1, 0.15) is 40.5 Å². The van der Waals surface area contributed by atoms with Crippen LogP contribution in [0.25, 0.3) is 0 Å². The van der Waals surface area contributed by atoms with E-state index in [1.165, 1.54) is 12.8 Å². The minimum absolute atomic E-state index is 0.478. The van der Waals surface area contributed by atoms with Crippen molar-refractivity contribution in [2.24, 2.45) is 5.92 Å². The highest BCUT2D eigenvalue weighted by Crippen LogP contribution is 2.08. The lowest BCUT2D eigenvalue weighted by Gasteiger charge is -2.24. The monoisotopic (exact) mass is 231 g/mol. The Hall–Kier alpha value is -0.120. The van der Waals surface area contributed by atoms with Gasteiger partial charge in [0.05, 0.1) is 19.8 Å². The van der Waals surface area contributed by atoms with Gasteiger partial charge in [0, 0.05) is 12.6 Å². The standard InChI is InChI=1S/C13H29NO2/c1-5-8-14-13(12(4)6-2)11-16-10-9-15-7-3/h12-14H,5-11H2,1-4H3. The first-order valence-electron chi connectivity index (χ1n) is 6.65. The number of nitrogens with one attached hydrogen (secondary N) is 1. The second-order valence-electron chi connectivity index (χ2n) is 4.22. The Balaban J connectivity index is 3.65. The average Bonchev–Trinajstić information content (AvgIpc) is 2.31. The van der Waals surface area contributed by atoms with Crippen LogP contribution in [0.4, 0.5) is 0 Å². The van der Waals surface area contributed by atoms with Crippen molar-refractivity contribution in [3.05, 3.63) is 0 Å². The summed E-state index contributed by atoms with van der Waals surface area (Å²) in [6.45, 7) is 12.7. The van der Waals surface area contributed by atoms with Gasteiger partial charge in [-0.05, 0) is 25.8 Å². The molecule has 0 aliphatic heterocycles. The van der Waals surface area contributed by atoms with E-state index in [1.807, 2.05) is 6.92 Å². The zero-order valence-electron chi connectivity index (χ0n) is 11.4. The molecule has 0 bridgehead atoms. The van der Waals surface area contributed by atoms with Gasteiger partial charge in [-0.25, -0.2) is 0 Å². The van der Waals surface area contributed by atoms with Crippen LogP contribution in [-0.2, 0) is 9.47 Å². The minimum atomic E-state index is 0.478. The molecule has 0 saturated heterocycles. The maximum atomic E-state index is 5.63. The number of rotatable bonds is 11. The van der Waals surface area contributed by atoms with Gasteiger partial charge in [-0.2, -0.15) is 0 Å². The van der Waals surface area contributed by atoms with E-state index in [-0.39, 0.29) is 0 Å². The summed E-state index contributed by atoms with van der Waals surface area (Å²) in [6.07, 6.45) is 2.36. The molecule has 0 aromatic carbocycles. The summed E-state index contributed by atoms with van der Waals surface area (Å²) >= 11 is 0. The first kappa shape index (κ1) is 15.9. The van der Waals surface area contributed by atoms with Gasteiger partial charge >= 0.3 is 0 Å². The Morgan fingerprint density at radius 1 is 1.06 bits per heavy atom. The molecule has 2 unspecified atom stereocenters. The van der Waals surface area contributed by atoms with Crippen LogP contribution in [0.3, 0.4) is 0 Å². The summed E-state index contributed by atoms with van der Waals surface area (Å²) in [7, 11) is 0. The molecule has 0 aromatic rings. The Morgan fingerprint density at radius 2 is 1.75 bits per heavy atom. The topological polar surface area (TPSA) is 30.5 Å². The van der Waals surface area contributed by atoms with Crippen LogP contribution in [0, 0.1) is 5.92 Å². The molecule has 0 aromatic heterocycles. The molecule has 1 N–H and O–H groups in total. The fourth-order valence-electron chi connectivity index (χ4n) is 1.51. The van der Waals surface area contributed by atoms with Gasteiger partial charge in [-0.3, -0.25) is 0 Å². The van der Waals surface area contributed by atoms with Crippen LogP contribution in [0.5, 0.6) is 0 Å². The molecule has 0 rings (SSSR count). The Labute approximate surface area is 101 Å². The molecular weight excluding hydrogens is 202 g/mol. The molecule has 0 heterocycles. The highest BCUT2D eigenvalue weighted by atomic mass is 16.5. The molecule has 16 heavy (non-hydrogen) atoms. The highest BCUT2D eigenvalue weighted by Gasteiger charge is 2.14. The van der Waals surface area contributed by atoms with Gasteiger partial charge < -0.3 is 14.8 Å². The van der Waals surface area contributed by atoms with Crippen LogP contribution >= 0.6 is 0 Å². The van der Waals surface area contributed by atoms with Crippen molar-refractivity contribution in [1.82, 2.24) is 5.32 Å².